The number of anilines is 1. The van der Waals surface area contributed by atoms with E-state index in [2.05, 4.69) is 50.4 Å². The average molecular weight is 434 g/mol. The Hall–Kier alpha value is -2.40. The number of ether oxygens (including phenoxy) is 1. The van der Waals surface area contributed by atoms with Gasteiger partial charge < -0.3 is 15.0 Å². The number of rotatable bonds is 5. The van der Waals surface area contributed by atoms with Crippen molar-refractivity contribution in [1.29, 1.82) is 0 Å². The molecular weight excluding hydrogens is 398 g/mol. The molecule has 2 atom stereocenters. The quantitative estimate of drug-likeness (QED) is 0.742. The molecule has 0 spiro atoms. The number of hydrogen-bond acceptors (Lipinski definition) is 4. The zero-order valence-electron chi connectivity index (χ0n) is 19.5. The van der Waals surface area contributed by atoms with Crippen molar-refractivity contribution in [2.75, 3.05) is 38.2 Å². The fraction of sp³-hybridized carbons (Fsp3) is 0.556. The molecule has 2 aliphatic heterocycles. The van der Waals surface area contributed by atoms with E-state index >= 15 is 0 Å². The number of likely N-dealkylation sites (tertiary alicyclic amines) is 1. The van der Waals surface area contributed by atoms with Crippen molar-refractivity contribution in [1.82, 2.24) is 9.88 Å². The van der Waals surface area contributed by atoms with Gasteiger partial charge in [0.05, 0.1) is 11.9 Å². The molecule has 1 aliphatic carbocycles. The number of fused-ring (bicyclic) bond motifs is 1. The van der Waals surface area contributed by atoms with Gasteiger partial charge in [-0.25, -0.2) is 0 Å². The number of pyridine rings is 1. The van der Waals surface area contributed by atoms with E-state index in [9.17, 15) is 4.79 Å². The van der Waals surface area contributed by atoms with Gasteiger partial charge in [0, 0.05) is 50.0 Å². The summed E-state index contributed by atoms with van der Waals surface area (Å²) in [6.07, 6.45) is 4.11. The highest BCUT2D eigenvalue weighted by Crippen LogP contribution is 2.51. The molecule has 1 aromatic heterocycles. The first-order chi connectivity index (χ1) is 15.4. The number of hydrogen-bond donors (Lipinski definition) is 1. The van der Waals surface area contributed by atoms with Crippen LogP contribution >= 0.6 is 0 Å². The fourth-order valence-electron chi connectivity index (χ4n) is 5.39. The van der Waals surface area contributed by atoms with Crippen LogP contribution in [0, 0.1) is 17.8 Å². The summed E-state index contributed by atoms with van der Waals surface area (Å²) >= 11 is 0. The third kappa shape index (κ3) is 4.40. The molecule has 1 saturated carbocycles. The second-order valence-corrected chi connectivity index (χ2v) is 10.8. The molecular formula is C27H35N3O2. The Bertz CT molecular complexity index is 930. The summed E-state index contributed by atoms with van der Waals surface area (Å²) in [6.45, 7) is 11.0. The van der Waals surface area contributed by atoms with Crippen molar-refractivity contribution in [3.05, 3.63) is 59.4 Å². The minimum atomic E-state index is 0.109. The van der Waals surface area contributed by atoms with Crippen molar-refractivity contribution in [2.24, 2.45) is 17.8 Å². The standard InChI is InChI=1S/C27H35N3O2/c1-27(2,3)20-6-4-19(5-7-20)26(31)30-16-23-22(24(23)17-30)15-28-21-8-9-25(29-14-21)18-10-12-32-13-11-18/h4-9,14,18,22-24,28H,10-13,15-17H2,1-3H3. The number of carbonyl (C=O) groups is 1. The third-order valence-corrected chi connectivity index (χ3v) is 7.62. The van der Waals surface area contributed by atoms with Crippen LogP contribution in [0.2, 0.25) is 0 Å². The van der Waals surface area contributed by atoms with Gasteiger partial charge in [-0.15, -0.1) is 0 Å². The molecule has 1 amide bonds. The zero-order valence-corrected chi connectivity index (χ0v) is 19.5. The van der Waals surface area contributed by atoms with E-state index in [4.69, 9.17) is 9.72 Å². The van der Waals surface area contributed by atoms with Gasteiger partial charge in [0.15, 0.2) is 0 Å². The number of aromatic nitrogens is 1. The number of benzene rings is 1. The lowest BCUT2D eigenvalue weighted by atomic mass is 9.86. The predicted octanol–water partition coefficient (Wildman–Crippen LogP) is 4.70. The van der Waals surface area contributed by atoms with Gasteiger partial charge in [0.25, 0.3) is 5.91 Å². The molecule has 0 radical (unpaired) electrons. The molecule has 5 nitrogen and oxygen atoms in total. The average Bonchev–Trinajstić information content (AvgIpc) is 3.26. The lowest BCUT2D eigenvalue weighted by molar-refractivity contribution is 0.0768. The van der Waals surface area contributed by atoms with Gasteiger partial charge in [-0.1, -0.05) is 32.9 Å². The van der Waals surface area contributed by atoms with E-state index in [1.54, 1.807) is 0 Å². The summed E-state index contributed by atoms with van der Waals surface area (Å²) in [5, 5.41) is 3.57. The summed E-state index contributed by atoms with van der Waals surface area (Å²) < 4.78 is 5.45. The van der Waals surface area contributed by atoms with Crippen LogP contribution in [0.3, 0.4) is 0 Å². The molecule has 3 aliphatic rings. The summed E-state index contributed by atoms with van der Waals surface area (Å²) in [5.74, 6) is 2.65. The van der Waals surface area contributed by atoms with E-state index in [1.165, 1.54) is 11.3 Å². The molecule has 3 fully saturated rings. The highest BCUT2D eigenvalue weighted by atomic mass is 16.5. The Kier molecular flexibility index (Phi) is 5.70. The Labute approximate surface area is 191 Å². The zero-order chi connectivity index (χ0) is 22.3. The molecule has 2 aromatic rings. The maximum atomic E-state index is 12.9. The summed E-state index contributed by atoms with van der Waals surface area (Å²) in [4.78, 5) is 19.7. The van der Waals surface area contributed by atoms with Crippen LogP contribution in [-0.2, 0) is 10.2 Å². The van der Waals surface area contributed by atoms with Crippen LogP contribution in [0.25, 0.3) is 0 Å². The maximum Gasteiger partial charge on any atom is 0.253 e. The molecule has 3 heterocycles. The van der Waals surface area contributed by atoms with Gasteiger partial charge >= 0.3 is 0 Å². The predicted molar refractivity (Wildman–Crippen MR) is 127 cm³/mol. The largest absolute Gasteiger partial charge is 0.383 e. The van der Waals surface area contributed by atoms with E-state index in [0.29, 0.717) is 23.7 Å². The van der Waals surface area contributed by atoms with E-state index in [0.717, 1.165) is 56.9 Å². The topological polar surface area (TPSA) is 54.5 Å². The second-order valence-electron chi connectivity index (χ2n) is 10.8. The smallest absolute Gasteiger partial charge is 0.253 e. The minimum Gasteiger partial charge on any atom is -0.383 e. The Balaban J connectivity index is 1.09. The van der Waals surface area contributed by atoms with Gasteiger partial charge in [0.2, 0.25) is 0 Å². The number of nitrogens with one attached hydrogen (secondary N) is 1. The van der Waals surface area contributed by atoms with Gasteiger partial charge in [-0.2, -0.15) is 0 Å². The van der Waals surface area contributed by atoms with Gasteiger partial charge in [-0.05, 0) is 65.8 Å². The van der Waals surface area contributed by atoms with Crippen LogP contribution in [0.15, 0.2) is 42.6 Å². The van der Waals surface area contributed by atoms with Crippen molar-refractivity contribution < 1.29 is 9.53 Å². The maximum absolute atomic E-state index is 12.9. The SMILES string of the molecule is CC(C)(C)c1ccc(C(=O)N2CC3C(CNc4ccc(C5CCOCC5)nc4)C3C2)cc1. The molecule has 1 N–H and O–H groups in total. The van der Waals surface area contributed by atoms with Crippen molar-refractivity contribution in [3.63, 3.8) is 0 Å². The molecule has 170 valence electrons. The highest BCUT2D eigenvalue weighted by Gasteiger charge is 2.56. The Morgan fingerprint density at radius 1 is 1.06 bits per heavy atom. The fourth-order valence-corrected chi connectivity index (χ4v) is 5.39. The van der Waals surface area contributed by atoms with E-state index in [-0.39, 0.29) is 11.3 Å². The van der Waals surface area contributed by atoms with Crippen molar-refractivity contribution >= 4 is 11.6 Å². The van der Waals surface area contributed by atoms with Crippen LogP contribution < -0.4 is 5.32 Å². The summed E-state index contributed by atoms with van der Waals surface area (Å²) in [7, 11) is 0. The molecule has 0 bridgehead atoms. The second kappa shape index (κ2) is 8.51. The molecule has 2 unspecified atom stereocenters. The summed E-state index contributed by atoms with van der Waals surface area (Å²) in [5.41, 5.74) is 4.46. The molecule has 5 rings (SSSR count). The van der Waals surface area contributed by atoms with E-state index < -0.39 is 0 Å². The molecule has 32 heavy (non-hydrogen) atoms. The number of nitrogens with zero attached hydrogens (tertiary/aromatic N) is 2. The highest BCUT2D eigenvalue weighted by molar-refractivity contribution is 5.94. The first kappa shape index (κ1) is 21.4. The number of carbonyl (C=O) groups excluding carboxylic acids is 1. The Morgan fingerprint density at radius 2 is 1.75 bits per heavy atom. The van der Waals surface area contributed by atoms with Crippen LogP contribution in [0.1, 0.15) is 61.1 Å². The lowest BCUT2D eigenvalue weighted by Crippen LogP contribution is -2.32. The van der Waals surface area contributed by atoms with Crippen molar-refractivity contribution in [3.8, 4) is 0 Å². The van der Waals surface area contributed by atoms with Gasteiger partial charge in [0.1, 0.15) is 0 Å². The normalized spacial score (nSPS) is 25.5. The molecule has 2 saturated heterocycles. The number of piperidine rings is 1. The Morgan fingerprint density at radius 3 is 2.34 bits per heavy atom. The van der Waals surface area contributed by atoms with Crippen LogP contribution in [-0.4, -0.2) is 48.6 Å². The lowest BCUT2D eigenvalue weighted by Gasteiger charge is -2.22. The van der Waals surface area contributed by atoms with Crippen molar-refractivity contribution in [2.45, 2.75) is 44.9 Å². The van der Waals surface area contributed by atoms with Crippen LogP contribution in [0.4, 0.5) is 5.69 Å². The molecule has 1 aromatic carbocycles. The first-order valence-electron chi connectivity index (χ1n) is 12.1. The molecule has 5 heteroatoms. The monoisotopic (exact) mass is 433 g/mol. The minimum absolute atomic E-state index is 0.109. The summed E-state index contributed by atoms with van der Waals surface area (Å²) in [6, 6.07) is 12.5. The third-order valence-electron chi connectivity index (χ3n) is 7.62. The van der Waals surface area contributed by atoms with Gasteiger partial charge in [-0.3, -0.25) is 9.78 Å². The number of amides is 1. The first-order valence-corrected chi connectivity index (χ1v) is 12.1. The van der Waals surface area contributed by atoms with Crippen LogP contribution in [0.5, 0.6) is 0 Å². The van der Waals surface area contributed by atoms with E-state index in [1.807, 2.05) is 23.2 Å².